The lowest BCUT2D eigenvalue weighted by atomic mass is 10.1. The lowest BCUT2D eigenvalue weighted by molar-refractivity contribution is 0.179. The average molecular weight is 309 g/mol. The van der Waals surface area contributed by atoms with Crippen LogP contribution in [0.1, 0.15) is 29.2 Å². The maximum atomic E-state index is 9.99. The van der Waals surface area contributed by atoms with E-state index in [1.54, 1.807) is 25.3 Å². The number of rotatable bonds is 5. The Morgan fingerprint density at radius 1 is 1.17 bits per heavy atom. The highest BCUT2D eigenvalue weighted by Crippen LogP contribution is 2.34. The molecule has 1 aliphatic carbocycles. The summed E-state index contributed by atoms with van der Waals surface area (Å²) in [4.78, 5) is 0. The molecule has 1 aliphatic rings. The molecule has 118 valence electrons. The van der Waals surface area contributed by atoms with Crippen molar-refractivity contribution in [2.45, 2.75) is 31.5 Å². The number of hydrogen-bond donors (Lipinski definition) is 1. The van der Waals surface area contributed by atoms with E-state index >= 15 is 0 Å². The normalized spacial score (nSPS) is 14.8. The van der Waals surface area contributed by atoms with Crippen LogP contribution in [0.2, 0.25) is 0 Å². The molecular formula is C19H19NO3. The van der Waals surface area contributed by atoms with Crippen molar-refractivity contribution in [2.75, 3.05) is 7.11 Å². The van der Waals surface area contributed by atoms with Crippen molar-refractivity contribution < 1.29 is 14.6 Å². The maximum absolute atomic E-state index is 9.99. The molecule has 0 saturated carbocycles. The Labute approximate surface area is 135 Å². The molecule has 4 heteroatoms. The predicted octanol–water partition coefficient (Wildman–Crippen LogP) is 3.19. The van der Waals surface area contributed by atoms with Gasteiger partial charge in [-0.05, 0) is 28.8 Å². The van der Waals surface area contributed by atoms with Gasteiger partial charge in [-0.3, -0.25) is 0 Å². The third-order valence-electron chi connectivity index (χ3n) is 4.16. The van der Waals surface area contributed by atoms with Crippen molar-refractivity contribution >= 4 is 0 Å². The molecule has 0 fully saturated rings. The molecule has 0 amide bonds. The van der Waals surface area contributed by atoms with Crippen LogP contribution < -0.4 is 9.47 Å². The van der Waals surface area contributed by atoms with Gasteiger partial charge in [-0.1, -0.05) is 30.3 Å². The van der Waals surface area contributed by atoms with Crippen molar-refractivity contribution in [2.24, 2.45) is 0 Å². The zero-order valence-corrected chi connectivity index (χ0v) is 13.0. The first kappa shape index (κ1) is 15.4. The molecule has 0 bridgehead atoms. The summed E-state index contributed by atoms with van der Waals surface area (Å²) in [5.41, 5.74) is 3.30. The van der Waals surface area contributed by atoms with Crippen LogP contribution in [0.15, 0.2) is 42.5 Å². The number of aliphatic hydroxyl groups is 1. The highest BCUT2D eigenvalue weighted by Gasteiger charge is 2.24. The van der Waals surface area contributed by atoms with Gasteiger partial charge in [0.1, 0.15) is 6.10 Å². The van der Waals surface area contributed by atoms with E-state index in [-0.39, 0.29) is 12.5 Å². The summed E-state index contributed by atoms with van der Waals surface area (Å²) in [6.07, 6.45) is 1.04. The van der Waals surface area contributed by atoms with E-state index < -0.39 is 6.10 Å². The van der Waals surface area contributed by atoms with Gasteiger partial charge in [-0.2, -0.15) is 5.26 Å². The molecule has 23 heavy (non-hydrogen) atoms. The van der Waals surface area contributed by atoms with Gasteiger partial charge >= 0.3 is 0 Å². The van der Waals surface area contributed by atoms with E-state index in [1.807, 2.05) is 18.2 Å². The SMILES string of the molecule is COc1ccc(C(O)CC#N)cc1OC1Cc2ccccc2C1. The molecule has 0 aromatic heterocycles. The molecule has 1 N–H and O–H groups in total. The minimum absolute atomic E-state index is 0.0562. The first-order chi connectivity index (χ1) is 11.2. The number of aliphatic hydroxyl groups excluding tert-OH is 1. The van der Waals surface area contributed by atoms with Gasteiger partial charge in [0.2, 0.25) is 0 Å². The van der Waals surface area contributed by atoms with Crippen LogP contribution in [-0.2, 0) is 12.8 Å². The summed E-state index contributed by atoms with van der Waals surface area (Å²) >= 11 is 0. The van der Waals surface area contributed by atoms with Crippen LogP contribution in [0, 0.1) is 11.3 Å². The average Bonchev–Trinajstić information content (AvgIpc) is 2.97. The molecule has 0 radical (unpaired) electrons. The third kappa shape index (κ3) is 3.30. The largest absolute Gasteiger partial charge is 0.493 e. The van der Waals surface area contributed by atoms with Crippen molar-refractivity contribution in [3.05, 3.63) is 59.2 Å². The van der Waals surface area contributed by atoms with Gasteiger partial charge in [0, 0.05) is 12.8 Å². The van der Waals surface area contributed by atoms with Crippen LogP contribution in [0.4, 0.5) is 0 Å². The third-order valence-corrected chi connectivity index (χ3v) is 4.16. The van der Waals surface area contributed by atoms with E-state index in [0.717, 1.165) is 12.8 Å². The van der Waals surface area contributed by atoms with Crippen LogP contribution in [0.25, 0.3) is 0 Å². The number of ether oxygens (including phenoxy) is 2. The van der Waals surface area contributed by atoms with Gasteiger partial charge in [-0.15, -0.1) is 0 Å². The Hall–Kier alpha value is -2.51. The van der Waals surface area contributed by atoms with Crippen molar-refractivity contribution in [1.29, 1.82) is 5.26 Å². The first-order valence-corrected chi connectivity index (χ1v) is 7.67. The fourth-order valence-electron chi connectivity index (χ4n) is 2.98. The van der Waals surface area contributed by atoms with Gasteiger partial charge < -0.3 is 14.6 Å². The molecule has 2 aromatic carbocycles. The highest BCUT2D eigenvalue weighted by molar-refractivity contribution is 5.44. The molecule has 1 unspecified atom stereocenters. The lowest BCUT2D eigenvalue weighted by Crippen LogP contribution is -2.17. The van der Waals surface area contributed by atoms with E-state index in [4.69, 9.17) is 14.7 Å². The Morgan fingerprint density at radius 3 is 2.48 bits per heavy atom. The molecule has 0 aliphatic heterocycles. The number of nitrogens with zero attached hydrogens (tertiary/aromatic N) is 1. The zero-order valence-electron chi connectivity index (χ0n) is 13.0. The van der Waals surface area contributed by atoms with Crippen molar-refractivity contribution in [3.63, 3.8) is 0 Å². The van der Waals surface area contributed by atoms with Crippen LogP contribution in [0.5, 0.6) is 11.5 Å². The van der Waals surface area contributed by atoms with E-state index in [1.165, 1.54) is 11.1 Å². The first-order valence-electron chi connectivity index (χ1n) is 7.67. The number of fused-ring (bicyclic) bond motifs is 1. The highest BCUT2D eigenvalue weighted by atomic mass is 16.5. The Kier molecular flexibility index (Phi) is 4.50. The molecular weight excluding hydrogens is 290 g/mol. The number of hydrogen-bond acceptors (Lipinski definition) is 4. The molecule has 2 aromatic rings. The Bertz CT molecular complexity index is 711. The predicted molar refractivity (Wildman–Crippen MR) is 86.4 cm³/mol. The summed E-state index contributed by atoms with van der Waals surface area (Å²) < 4.78 is 11.5. The number of benzene rings is 2. The zero-order chi connectivity index (χ0) is 16.2. The fourth-order valence-corrected chi connectivity index (χ4v) is 2.98. The molecule has 0 heterocycles. The van der Waals surface area contributed by atoms with E-state index in [2.05, 4.69) is 12.1 Å². The topological polar surface area (TPSA) is 62.5 Å². The minimum atomic E-state index is -0.811. The number of nitriles is 1. The summed E-state index contributed by atoms with van der Waals surface area (Å²) in [5.74, 6) is 1.24. The van der Waals surface area contributed by atoms with Gasteiger partial charge in [-0.25, -0.2) is 0 Å². The van der Waals surface area contributed by atoms with E-state index in [0.29, 0.717) is 17.1 Å². The van der Waals surface area contributed by atoms with Crippen LogP contribution in [0.3, 0.4) is 0 Å². The smallest absolute Gasteiger partial charge is 0.161 e. The summed E-state index contributed by atoms with van der Waals surface area (Å²) in [6, 6.07) is 15.6. The maximum Gasteiger partial charge on any atom is 0.161 e. The molecule has 1 atom stereocenters. The quantitative estimate of drug-likeness (QED) is 0.921. The van der Waals surface area contributed by atoms with Crippen LogP contribution >= 0.6 is 0 Å². The molecule has 3 rings (SSSR count). The lowest BCUT2D eigenvalue weighted by Gasteiger charge is -2.18. The van der Waals surface area contributed by atoms with Gasteiger partial charge in [0.05, 0.1) is 25.7 Å². The summed E-state index contributed by atoms with van der Waals surface area (Å²) in [5, 5.41) is 18.7. The summed E-state index contributed by atoms with van der Waals surface area (Å²) in [7, 11) is 1.59. The van der Waals surface area contributed by atoms with E-state index in [9.17, 15) is 5.11 Å². The molecule has 0 saturated heterocycles. The van der Waals surface area contributed by atoms with Crippen molar-refractivity contribution in [1.82, 2.24) is 0 Å². The number of methoxy groups -OCH3 is 1. The second kappa shape index (κ2) is 6.72. The monoisotopic (exact) mass is 309 g/mol. The molecule has 0 spiro atoms. The standard InChI is InChI=1S/C19H19NO3/c1-22-18-7-6-15(17(21)8-9-20)12-19(18)23-16-10-13-4-2-3-5-14(13)11-16/h2-7,12,16-17,21H,8,10-11H2,1H3. The second-order valence-electron chi connectivity index (χ2n) is 5.71. The van der Waals surface area contributed by atoms with Gasteiger partial charge in [0.25, 0.3) is 0 Å². The Morgan fingerprint density at radius 2 is 1.87 bits per heavy atom. The Balaban J connectivity index is 1.79. The van der Waals surface area contributed by atoms with Crippen molar-refractivity contribution in [3.8, 4) is 17.6 Å². The van der Waals surface area contributed by atoms with Crippen LogP contribution in [-0.4, -0.2) is 18.3 Å². The minimum Gasteiger partial charge on any atom is -0.493 e. The molecule has 4 nitrogen and oxygen atoms in total. The van der Waals surface area contributed by atoms with Gasteiger partial charge in [0.15, 0.2) is 11.5 Å². The summed E-state index contributed by atoms with van der Waals surface area (Å²) in [6.45, 7) is 0. The second-order valence-corrected chi connectivity index (χ2v) is 5.71. The fraction of sp³-hybridized carbons (Fsp3) is 0.316.